The fourth-order valence-corrected chi connectivity index (χ4v) is 1.93. The summed E-state index contributed by atoms with van der Waals surface area (Å²) in [5.41, 5.74) is 0. The summed E-state index contributed by atoms with van der Waals surface area (Å²) in [5.74, 6) is 0. The molecule has 1 aromatic heterocycles. The van der Waals surface area contributed by atoms with Crippen molar-refractivity contribution in [2.24, 2.45) is 0 Å². The van der Waals surface area contributed by atoms with E-state index in [1.165, 1.54) is 32.1 Å². The molecule has 0 aromatic carbocycles. The topological polar surface area (TPSA) is 34.1 Å². The smallest absolute Gasteiger partial charge is 0.182 e. The van der Waals surface area contributed by atoms with E-state index in [2.05, 4.69) is 24.4 Å². The van der Waals surface area contributed by atoms with Gasteiger partial charge in [-0.2, -0.15) is 0 Å². The molecule has 0 N–H and O–H groups in total. The van der Waals surface area contributed by atoms with E-state index in [4.69, 9.17) is 9.59 Å². The maximum atomic E-state index is 8.81. The highest BCUT2D eigenvalue weighted by atomic mass is 32.1. The Bertz CT molecular complexity index is 236. The van der Waals surface area contributed by atoms with Crippen molar-refractivity contribution in [2.45, 2.75) is 39.0 Å². The van der Waals surface area contributed by atoms with E-state index in [-0.39, 0.29) is 12.6 Å². The second-order valence-corrected chi connectivity index (χ2v) is 4.19. The van der Waals surface area contributed by atoms with Crippen molar-refractivity contribution in [3.63, 3.8) is 0 Å². The van der Waals surface area contributed by atoms with Crippen molar-refractivity contribution in [1.29, 1.82) is 0 Å². The number of unbranched alkanes of at least 4 members (excludes halogenated alkanes) is 3. The highest BCUT2D eigenvalue weighted by molar-refractivity contribution is 7.09. The zero-order valence-electron chi connectivity index (χ0n) is 9.15. The second-order valence-electron chi connectivity index (χ2n) is 3.16. The molecule has 0 saturated heterocycles. The summed E-state index contributed by atoms with van der Waals surface area (Å²) in [4.78, 5) is 19.2. The van der Waals surface area contributed by atoms with Crippen LogP contribution in [0.4, 0.5) is 0 Å². The SMILES string of the molecule is CCCCCCc1cccs1.O=CC=O. The molecule has 0 unspecified atom stereocenters. The van der Waals surface area contributed by atoms with Crippen LogP contribution in [0.5, 0.6) is 0 Å². The molecule has 0 bridgehead atoms. The zero-order chi connectivity index (χ0) is 11.4. The Labute approximate surface area is 95.3 Å². The Morgan fingerprint density at radius 1 is 1.20 bits per heavy atom. The largest absolute Gasteiger partial charge is 0.295 e. The van der Waals surface area contributed by atoms with Crippen LogP contribution in [0.15, 0.2) is 17.5 Å². The van der Waals surface area contributed by atoms with Crippen molar-refractivity contribution in [3.8, 4) is 0 Å². The Hall–Kier alpha value is -0.960. The number of hydrogen-bond donors (Lipinski definition) is 0. The molecule has 15 heavy (non-hydrogen) atoms. The van der Waals surface area contributed by atoms with Gasteiger partial charge in [0.25, 0.3) is 0 Å². The molecule has 0 radical (unpaired) electrons. The average molecular weight is 226 g/mol. The van der Waals surface area contributed by atoms with Crippen LogP contribution in [-0.2, 0) is 16.0 Å². The summed E-state index contributed by atoms with van der Waals surface area (Å²) in [6.07, 6.45) is 7.18. The van der Waals surface area contributed by atoms with Gasteiger partial charge < -0.3 is 0 Å². The van der Waals surface area contributed by atoms with Gasteiger partial charge in [-0.3, -0.25) is 9.59 Å². The third-order valence-corrected chi connectivity index (χ3v) is 2.85. The van der Waals surface area contributed by atoms with E-state index >= 15 is 0 Å². The predicted molar refractivity (Wildman–Crippen MR) is 64.3 cm³/mol. The first-order chi connectivity index (χ1) is 7.35. The van der Waals surface area contributed by atoms with Crippen LogP contribution in [0.25, 0.3) is 0 Å². The molecular formula is C12H18O2S. The number of rotatable bonds is 6. The van der Waals surface area contributed by atoms with Gasteiger partial charge >= 0.3 is 0 Å². The van der Waals surface area contributed by atoms with Crippen LogP contribution >= 0.6 is 11.3 Å². The third-order valence-electron chi connectivity index (χ3n) is 1.91. The van der Waals surface area contributed by atoms with Crippen LogP contribution < -0.4 is 0 Å². The number of aldehydes is 2. The number of carbonyl (C=O) groups excluding carboxylic acids is 2. The summed E-state index contributed by atoms with van der Waals surface area (Å²) in [5, 5.41) is 2.16. The van der Waals surface area contributed by atoms with Crippen LogP contribution in [0.1, 0.15) is 37.5 Å². The van der Waals surface area contributed by atoms with Gasteiger partial charge in [-0.05, 0) is 24.3 Å². The number of aryl methyl sites for hydroxylation is 1. The van der Waals surface area contributed by atoms with E-state index in [9.17, 15) is 0 Å². The normalized spacial score (nSPS) is 8.87. The monoisotopic (exact) mass is 226 g/mol. The Balaban J connectivity index is 0.000000423. The molecule has 1 heterocycles. The van der Waals surface area contributed by atoms with Gasteiger partial charge in [0.2, 0.25) is 0 Å². The fourth-order valence-electron chi connectivity index (χ4n) is 1.18. The van der Waals surface area contributed by atoms with E-state index in [1.54, 1.807) is 4.88 Å². The van der Waals surface area contributed by atoms with Crippen molar-refractivity contribution in [1.82, 2.24) is 0 Å². The van der Waals surface area contributed by atoms with Crippen molar-refractivity contribution < 1.29 is 9.59 Å². The second kappa shape index (κ2) is 11.1. The Morgan fingerprint density at radius 2 is 1.93 bits per heavy atom. The maximum absolute atomic E-state index is 8.81. The van der Waals surface area contributed by atoms with E-state index < -0.39 is 0 Å². The van der Waals surface area contributed by atoms with Crippen LogP contribution in [0, 0.1) is 0 Å². The molecule has 0 fully saturated rings. The molecule has 0 aliphatic carbocycles. The van der Waals surface area contributed by atoms with Gasteiger partial charge in [0.1, 0.15) is 0 Å². The highest BCUT2D eigenvalue weighted by Crippen LogP contribution is 2.12. The van der Waals surface area contributed by atoms with Gasteiger partial charge in [-0.15, -0.1) is 11.3 Å². The predicted octanol–water partition coefficient (Wildman–Crippen LogP) is 3.26. The fraction of sp³-hybridized carbons (Fsp3) is 0.500. The number of thiophene rings is 1. The first-order valence-electron chi connectivity index (χ1n) is 5.26. The number of carbonyl (C=O) groups is 2. The minimum absolute atomic E-state index is 0.194. The lowest BCUT2D eigenvalue weighted by Gasteiger charge is -1.95. The highest BCUT2D eigenvalue weighted by Gasteiger charge is 1.92. The van der Waals surface area contributed by atoms with Crippen LogP contribution in [0.3, 0.4) is 0 Å². The Morgan fingerprint density at radius 3 is 2.40 bits per heavy atom. The van der Waals surface area contributed by atoms with Gasteiger partial charge in [-0.1, -0.05) is 32.3 Å². The summed E-state index contributed by atoms with van der Waals surface area (Å²) in [7, 11) is 0. The molecule has 1 rings (SSSR count). The molecular weight excluding hydrogens is 208 g/mol. The molecule has 0 spiro atoms. The van der Waals surface area contributed by atoms with Crippen LogP contribution in [0.2, 0.25) is 0 Å². The van der Waals surface area contributed by atoms with Crippen molar-refractivity contribution in [2.75, 3.05) is 0 Å². The van der Waals surface area contributed by atoms with Gasteiger partial charge in [0.05, 0.1) is 0 Å². The molecule has 0 amide bonds. The minimum Gasteiger partial charge on any atom is -0.295 e. The van der Waals surface area contributed by atoms with Gasteiger partial charge in [-0.25, -0.2) is 0 Å². The van der Waals surface area contributed by atoms with Crippen molar-refractivity contribution >= 4 is 23.9 Å². The lowest BCUT2D eigenvalue weighted by molar-refractivity contribution is -0.122. The van der Waals surface area contributed by atoms with E-state index in [0.29, 0.717) is 0 Å². The third kappa shape index (κ3) is 9.35. The quantitative estimate of drug-likeness (QED) is 0.424. The molecule has 1 aromatic rings. The lowest BCUT2D eigenvalue weighted by Crippen LogP contribution is -1.80. The Kier molecular flexibility index (Phi) is 10.4. The van der Waals surface area contributed by atoms with Crippen molar-refractivity contribution in [3.05, 3.63) is 22.4 Å². The molecule has 0 aliphatic heterocycles. The lowest BCUT2D eigenvalue weighted by atomic mass is 10.1. The summed E-state index contributed by atoms with van der Waals surface area (Å²) >= 11 is 1.88. The molecule has 0 atom stereocenters. The first-order valence-corrected chi connectivity index (χ1v) is 6.14. The molecule has 84 valence electrons. The first kappa shape index (κ1) is 14.0. The number of hydrogen-bond acceptors (Lipinski definition) is 3. The summed E-state index contributed by atoms with van der Waals surface area (Å²) < 4.78 is 0. The minimum atomic E-state index is 0.194. The van der Waals surface area contributed by atoms with Gasteiger partial charge in [0, 0.05) is 4.88 Å². The standard InChI is InChI=1S/C10H16S.C2H2O2/c1-2-3-4-5-7-10-8-6-9-11-10;3-1-2-4/h6,8-9H,2-5,7H2,1H3;1-2H. The average Bonchev–Trinajstić information content (AvgIpc) is 2.78. The maximum Gasteiger partial charge on any atom is 0.182 e. The molecule has 0 saturated carbocycles. The van der Waals surface area contributed by atoms with Crippen LogP contribution in [-0.4, -0.2) is 12.6 Å². The summed E-state index contributed by atoms with van der Waals surface area (Å²) in [6.45, 7) is 2.26. The molecule has 3 heteroatoms. The summed E-state index contributed by atoms with van der Waals surface area (Å²) in [6, 6.07) is 4.37. The van der Waals surface area contributed by atoms with E-state index in [1.807, 2.05) is 11.3 Å². The van der Waals surface area contributed by atoms with E-state index in [0.717, 1.165) is 0 Å². The zero-order valence-corrected chi connectivity index (χ0v) is 9.96. The van der Waals surface area contributed by atoms with Gasteiger partial charge in [0.15, 0.2) is 12.6 Å². The molecule has 0 aliphatic rings. The molecule has 2 nitrogen and oxygen atoms in total.